The van der Waals surface area contributed by atoms with Crippen LogP contribution >= 0.6 is 0 Å². The Labute approximate surface area is 160 Å². The zero-order valence-electron chi connectivity index (χ0n) is 15.6. The fourth-order valence-electron chi connectivity index (χ4n) is 3.15. The Morgan fingerprint density at radius 3 is 2.61 bits per heavy atom. The van der Waals surface area contributed by atoms with E-state index in [2.05, 4.69) is 21.0 Å². The predicted molar refractivity (Wildman–Crippen MR) is 103 cm³/mol. The lowest BCUT2D eigenvalue weighted by molar-refractivity contribution is 0.355. The summed E-state index contributed by atoms with van der Waals surface area (Å²) in [5, 5.41) is 9.60. The molecular formula is C20H17N5O3. The summed E-state index contributed by atoms with van der Waals surface area (Å²) >= 11 is 0. The SMILES string of the molecule is COc1cc2nc(Cc3cn4cc(C#N)c(C)cc4n3)[nH]c(=O)c2cc1OC. The summed E-state index contributed by atoms with van der Waals surface area (Å²) in [6, 6.07) is 7.31. The number of hydrogen-bond acceptors (Lipinski definition) is 6. The Kier molecular flexibility index (Phi) is 4.20. The minimum atomic E-state index is -0.257. The van der Waals surface area contributed by atoms with Crippen molar-refractivity contribution >= 4 is 16.6 Å². The fraction of sp³-hybridized carbons (Fsp3) is 0.200. The molecule has 140 valence electrons. The highest BCUT2D eigenvalue weighted by atomic mass is 16.5. The number of nitriles is 1. The first-order valence-electron chi connectivity index (χ1n) is 8.55. The van der Waals surface area contributed by atoms with E-state index in [0.29, 0.717) is 40.2 Å². The van der Waals surface area contributed by atoms with Gasteiger partial charge in [0.2, 0.25) is 0 Å². The maximum absolute atomic E-state index is 12.5. The number of rotatable bonds is 4. The van der Waals surface area contributed by atoms with Crippen molar-refractivity contribution in [3.8, 4) is 17.6 Å². The molecule has 0 saturated carbocycles. The highest BCUT2D eigenvalue weighted by molar-refractivity contribution is 5.81. The quantitative estimate of drug-likeness (QED) is 0.587. The van der Waals surface area contributed by atoms with Crippen molar-refractivity contribution in [1.29, 1.82) is 5.26 Å². The molecule has 1 N–H and O–H groups in total. The number of ether oxygens (including phenoxy) is 2. The molecule has 8 nitrogen and oxygen atoms in total. The molecular weight excluding hydrogens is 358 g/mol. The first kappa shape index (κ1) is 17.5. The van der Waals surface area contributed by atoms with Gasteiger partial charge in [-0.3, -0.25) is 4.79 Å². The van der Waals surface area contributed by atoms with E-state index in [9.17, 15) is 10.1 Å². The minimum absolute atomic E-state index is 0.257. The minimum Gasteiger partial charge on any atom is -0.493 e. The molecule has 0 saturated heterocycles. The van der Waals surface area contributed by atoms with E-state index >= 15 is 0 Å². The smallest absolute Gasteiger partial charge is 0.258 e. The van der Waals surface area contributed by atoms with Crippen molar-refractivity contribution in [1.82, 2.24) is 19.4 Å². The lowest BCUT2D eigenvalue weighted by Gasteiger charge is -2.09. The maximum Gasteiger partial charge on any atom is 0.258 e. The summed E-state index contributed by atoms with van der Waals surface area (Å²) in [6.07, 6.45) is 3.92. The van der Waals surface area contributed by atoms with Gasteiger partial charge in [-0.2, -0.15) is 5.26 Å². The zero-order chi connectivity index (χ0) is 19.8. The summed E-state index contributed by atoms with van der Waals surface area (Å²) in [4.78, 5) is 24.4. The number of benzene rings is 1. The summed E-state index contributed by atoms with van der Waals surface area (Å²) in [7, 11) is 3.05. The molecule has 4 aromatic rings. The number of nitrogens with one attached hydrogen (secondary N) is 1. The average Bonchev–Trinajstić information content (AvgIpc) is 3.07. The van der Waals surface area contributed by atoms with Crippen molar-refractivity contribution in [3.63, 3.8) is 0 Å². The number of nitrogens with zero attached hydrogens (tertiary/aromatic N) is 4. The fourth-order valence-corrected chi connectivity index (χ4v) is 3.15. The van der Waals surface area contributed by atoms with Crippen LogP contribution in [0.5, 0.6) is 11.5 Å². The number of fused-ring (bicyclic) bond motifs is 2. The Bertz CT molecular complexity index is 1310. The molecule has 0 radical (unpaired) electrons. The van der Waals surface area contributed by atoms with Crippen LogP contribution in [0.25, 0.3) is 16.6 Å². The number of hydrogen-bond donors (Lipinski definition) is 1. The van der Waals surface area contributed by atoms with Gasteiger partial charge in [-0.15, -0.1) is 0 Å². The van der Waals surface area contributed by atoms with E-state index in [-0.39, 0.29) is 5.56 Å². The van der Waals surface area contributed by atoms with Gasteiger partial charge in [-0.05, 0) is 24.6 Å². The molecule has 0 bridgehead atoms. The van der Waals surface area contributed by atoms with Crippen LogP contribution in [-0.2, 0) is 6.42 Å². The van der Waals surface area contributed by atoms with Crippen LogP contribution in [0.2, 0.25) is 0 Å². The highest BCUT2D eigenvalue weighted by Crippen LogP contribution is 2.30. The number of aryl methyl sites for hydroxylation is 1. The van der Waals surface area contributed by atoms with Crippen LogP contribution in [0, 0.1) is 18.3 Å². The first-order chi connectivity index (χ1) is 13.5. The van der Waals surface area contributed by atoms with Gasteiger partial charge in [0, 0.05) is 24.9 Å². The van der Waals surface area contributed by atoms with E-state index in [1.165, 1.54) is 14.2 Å². The summed E-state index contributed by atoms with van der Waals surface area (Å²) in [5.74, 6) is 1.47. The number of methoxy groups -OCH3 is 2. The van der Waals surface area contributed by atoms with Gasteiger partial charge in [0.1, 0.15) is 17.5 Å². The van der Waals surface area contributed by atoms with Gasteiger partial charge in [-0.25, -0.2) is 9.97 Å². The van der Waals surface area contributed by atoms with Crippen molar-refractivity contribution < 1.29 is 9.47 Å². The van der Waals surface area contributed by atoms with E-state index in [1.54, 1.807) is 22.7 Å². The van der Waals surface area contributed by atoms with Crippen molar-refractivity contribution in [2.24, 2.45) is 0 Å². The molecule has 1 aromatic carbocycles. The van der Waals surface area contributed by atoms with E-state index in [4.69, 9.17) is 9.47 Å². The van der Waals surface area contributed by atoms with E-state index < -0.39 is 0 Å². The van der Waals surface area contributed by atoms with Crippen molar-refractivity contribution in [2.45, 2.75) is 13.3 Å². The number of aromatic amines is 1. The Hall–Kier alpha value is -3.86. The van der Waals surface area contributed by atoms with Crippen LogP contribution in [0.15, 0.2) is 35.4 Å². The summed E-state index contributed by atoms with van der Waals surface area (Å²) < 4.78 is 12.3. The molecule has 0 amide bonds. The van der Waals surface area contributed by atoms with Crippen LogP contribution in [-0.4, -0.2) is 33.6 Å². The van der Waals surface area contributed by atoms with Gasteiger partial charge >= 0.3 is 0 Å². The first-order valence-corrected chi connectivity index (χ1v) is 8.55. The molecule has 3 aromatic heterocycles. The monoisotopic (exact) mass is 375 g/mol. The van der Waals surface area contributed by atoms with Crippen LogP contribution in [0.4, 0.5) is 0 Å². The number of imidazole rings is 1. The van der Waals surface area contributed by atoms with E-state index in [0.717, 1.165) is 16.9 Å². The largest absolute Gasteiger partial charge is 0.493 e. The molecule has 28 heavy (non-hydrogen) atoms. The molecule has 0 spiro atoms. The Balaban J connectivity index is 1.76. The van der Waals surface area contributed by atoms with Gasteiger partial charge in [0.25, 0.3) is 5.56 Å². The molecule has 0 unspecified atom stereocenters. The van der Waals surface area contributed by atoms with Crippen LogP contribution < -0.4 is 15.0 Å². The number of H-pyrrole nitrogens is 1. The van der Waals surface area contributed by atoms with Gasteiger partial charge < -0.3 is 18.9 Å². The van der Waals surface area contributed by atoms with E-state index in [1.807, 2.05) is 19.2 Å². The normalized spacial score (nSPS) is 10.9. The average molecular weight is 375 g/mol. The van der Waals surface area contributed by atoms with Crippen LogP contribution in [0.3, 0.4) is 0 Å². The molecule has 3 heterocycles. The highest BCUT2D eigenvalue weighted by Gasteiger charge is 2.12. The Morgan fingerprint density at radius 1 is 1.14 bits per heavy atom. The molecule has 0 atom stereocenters. The summed E-state index contributed by atoms with van der Waals surface area (Å²) in [5.41, 5.74) is 3.19. The topological polar surface area (TPSA) is 105 Å². The molecule has 0 aliphatic heterocycles. The van der Waals surface area contributed by atoms with Crippen LogP contribution in [0.1, 0.15) is 22.6 Å². The third-order valence-electron chi connectivity index (χ3n) is 4.58. The third kappa shape index (κ3) is 2.93. The predicted octanol–water partition coefficient (Wildman–Crippen LogP) is 2.36. The lowest BCUT2D eigenvalue weighted by Crippen LogP contribution is -2.12. The molecule has 0 aliphatic carbocycles. The lowest BCUT2D eigenvalue weighted by atomic mass is 10.2. The van der Waals surface area contributed by atoms with Gasteiger partial charge in [0.05, 0.1) is 36.4 Å². The van der Waals surface area contributed by atoms with Crippen molar-refractivity contribution in [2.75, 3.05) is 14.2 Å². The second kappa shape index (κ2) is 6.70. The molecule has 0 aliphatic rings. The number of pyridine rings is 1. The third-order valence-corrected chi connectivity index (χ3v) is 4.58. The van der Waals surface area contributed by atoms with Crippen molar-refractivity contribution in [3.05, 3.63) is 63.6 Å². The van der Waals surface area contributed by atoms with Gasteiger partial charge in [0.15, 0.2) is 11.5 Å². The molecule has 0 fully saturated rings. The molecule has 8 heteroatoms. The maximum atomic E-state index is 12.5. The second-order valence-electron chi connectivity index (χ2n) is 6.39. The summed E-state index contributed by atoms with van der Waals surface area (Å²) in [6.45, 7) is 1.87. The molecule has 4 rings (SSSR count). The zero-order valence-corrected chi connectivity index (χ0v) is 15.6. The second-order valence-corrected chi connectivity index (χ2v) is 6.39. The Morgan fingerprint density at radius 2 is 1.89 bits per heavy atom. The van der Waals surface area contributed by atoms with Gasteiger partial charge in [-0.1, -0.05) is 0 Å². The standard InChI is InChI=1S/C20H17N5O3/c1-11-4-19-22-13(10-25(19)9-12(11)8-21)5-18-23-15-7-17(28-3)16(27-2)6-14(15)20(26)24-18/h4,6-7,9-10H,5H2,1-3H3,(H,23,24,26). The number of aromatic nitrogens is 4.